The highest BCUT2D eigenvalue weighted by Crippen LogP contribution is 2.17. The molecule has 0 radical (unpaired) electrons. The van der Waals surface area contributed by atoms with Crippen molar-refractivity contribution in [1.29, 1.82) is 0 Å². The van der Waals surface area contributed by atoms with Crippen molar-refractivity contribution in [2.24, 2.45) is 0 Å². The minimum atomic E-state index is -3.21. The van der Waals surface area contributed by atoms with E-state index in [0.717, 1.165) is 6.26 Å². The SMILES string of the molecule is CC(C(C)S(C)(=O)=O)N(C)C(=O)c1ccc(Cl)o1. The number of carbonyl (C=O) groups excluding carboxylic acids is 1. The van der Waals surface area contributed by atoms with Gasteiger partial charge in [0.1, 0.15) is 0 Å². The van der Waals surface area contributed by atoms with Gasteiger partial charge in [0.25, 0.3) is 5.91 Å². The summed E-state index contributed by atoms with van der Waals surface area (Å²) in [5.74, 6) is -0.306. The first kappa shape index (κ1) is 15.0. The fourth-order valence-electron chi connectivity index (χ4n) is 1.46. The number of nitrogens with zero attached hydrogens (tertiary/aromatic N) is 1. The van der Waals surface area contributed by atoms with Crippen molar-refractivity contribution in [2.75, 3.05) is 13.3 Å². The predicted octanol–water partition coefficient (Wildman–Crippen LogP) is 1.83. The third kappa shape index (κ3) is 3.26. The third-order valence-corrected chi connectivity index (χ3v) is 5.02. The number of rotatable bonds is 4. The van der Waals surface area contributed by atoms with E-state index in [1.165, 1.54) is 24.1 Å². The largest absolute Gasteiger partial charge is 0.440 e. The topological polar surface area (TPSA) is 67.6 Å². The summed E-state index contributed by atoms with van der Waals surface area (Å²) in [7, 11) is -1.68. The molecule has 1 aromatic rings. The second kappa shape index (κ2) is 5.32. The smallest absolute Gasteiger partial charge is 0.289 e. The van der Waals surface area contributed by atoms with Gasteiger partial charge in [0.15, 0.2) is 20.8 Å². The zero-order chi connectivity index (χ0) is 14.1. The molecule has 5 nitrogen and oxygen atoms in total. The molecule has 1 heterocycles. The van der Waals surface area contributed by atoms with Crippen LogP contribution >= 0.6 is 11.6 Å². The molecule has 0 fully saturated rings. The van der Waals surface area contributed by atoms with Crippen LogP contribution in [0.1, 0.15) is 24.4 Å². The summed E-state index contributed by atoms with van der Waals surface area (Å²) < 4.78 is 27.9. The Kier molecular flexibility index (Phi) is 4.45. The van der Waals surface area contributed by atoms with Crippen molar-refractivity contribution in [3.63, 3.8) is 0 Å². The highest BCUT2D eigenvalue weighted by atomic mass is 35.5. The number of sulfone groups is 1. The first-order valence-electron chi connectivity index (χ1n) is 5.36. The van der Waals surface area contributed by atoms with Gasteiger partial charge in [-0.2, -0.15) is 0 Å². The molecular formula is C11H16ClNO4S. The Morgan fingerprint density at radius 3 is 2.33 bits per heavy atom. The third-order valence-electron chi connectivity index (χ3n) is 3.07. The van der Waals surface area contributed by atoms with E-state index in [1.807, 2.05) is 0 Å². The first-order chi connectivity index (χ1) is 8.14. The molecule has 18 heavy (non-hydrogen) atoms. The summed E-state index contributed by atoms with van der Waals surface area (Å²) in [6.07, 6.45) is 1.15. The summed E-state index contributed by atoms with van der Waals surface area (Å²) >= 11 is 5.59. The summed E-state index contributed by atoms with van der Waals surface area (Å²) in [5, 5.41) is -0.535. The highest BCUT2D eigenvalue weighted by molar-refractivity contribution is 7.91. The molecule has 2 atom stereocenters. The van der Waals surface area contributed by atoms with Gasteiger partial charge < -0.3 is 9.32 Å². The lowest BCUT2D eigenvalue weighted by molar-refractivity contribution is 0.0711. The second-order valence-corrected chi connectivity index (χ2v) is 7.07. The molecule has 0 spiro atoms. The molecule has 2 unspecified atom stereocenters. The molecule has 7 heteroatoms. The summed E-state index contributed by atoms with van der Waals surface area (Å²) in [4.78, 5) is 13.3. The van der Waals surface area contributed by atoms with Crippen LogP contribution < -0.4 is 0 Å². The van der Waals surface area contributed by atoms with E-state index in [0.29, 0.717) is 0 Å². The summed E-state index contributed by atoms with van der Waals surface area (Å²) in [6.45, 7) is 3.24. The maximum Gasteiger partial charge on any atom is 0.289 e. The van der Waals surface area contributed by atoms with Crippen LogP contribution in [0.2, 0.25) is 5.22 Å². The minimum Gasteiger partial charge on any atom is -0.440 e. The number of hydrogen-bond acceptors (Lipinski definition) is 4. The standard InChI is InChI=1S/C11H16ClNO4S/c1-7(8(2)18(4,15)16)13(3)11(14)9-5-6-10(12)17-9/h5-8H,1-4H3. The van der Waals surface area contributed by atoms with E-state index in [2.05, 4.69) is 0 Å². The van der Waals surface area contributed by atoms with Gasteiger partial charge in [0, 0.05) is 19.3 Å². The van der Waals surface area contributed by atoms with Crippen LogP contribution in [0.3, 0.4) is 0 Å². The van der Waals surface area contributed by atoms with Gasteiger partial charge in [-0.3, -0.25) is 4.79 Å². The van der Waals surface area contributed by atoms with E-state index in [9.17, 15) is 13.2 Å². The molecule has 1 rings (SSSR count). The van der Waals surface area contributed by atoms with Crippen LogP contribution in [0.5, 0.6) is 0 Å². The molecule has 0 bridgehead atoms. The highest BCUT2D eigenvalue weighted by Gasteiger charge is 2.29. The molecule has 0 saturated carbocycles. The Hall–Kier alpha value is -1.01. The molecule has 1 amide bonds. The lowest BCUT2D eigenvalue weighted by Crippen LogP contribution is -2.44. The Labute approximate surface area is 112 Å². The van der Waals surface area contributed by atoms with E-state index >= 15 is 0 Å². The Bertz CT molecular complexity index is 537. The van der Waals surface area contributed by atoms with Gasteiger partial charge >= 0.3 is 0 Å². The van der Waals surface area contributed by atoms with Gasteiger partial charge in [-0.15, -0.1) is 0 Å². The van der Waals surface area contributed by atoms with Crippen molar-refractivity contribution in [3.05, 3.63) is 23.1 Å². The number of amides is 1. The van der Waals surface area contributed by atoms with Crippen molar-refractivity contribution in [3.8, 4) is 0 Å². The van der Waals surface area contributed by atoms with Crippen LogP contribution in [0.15, 0.2) is 16.5 Å². The van der Waals surface area contributed by atoms with Crippen molar-refractivity contribution in [2.45, 2.75) is 25.1 Å². The van der Waals surface area contributed by atoms with E-state index in [1.54, 1.807) is 13.8 Å². The summed E-state index contributed by atoms with van der Waals surface area (Å²) in [5.41, 5.74) is 0. The lowest BCUT2D eigenvalue weighted by atomic mass is 10.2. The minimum absolute atomic E-state index is 0.0926. The second-order valence-electron chi connectivity index (χ2n) is 4.30. The van der Waals surface area contributed by atoms with Crippen LogP contribution in [0, 0.1) is 0 Å². The molecule has 0 saturated heterocycles. The number of hydrogen-bond donors (Lipinski definition) is 0. The zero-order valence-corrected chi connectivity index (χ0v) is 12.2. The van der Waals surface area contributed by atoms with Gasteiger partial charge in [0.05, 0.1) is 5.25 Å². The van der Waals surface area contributed by atoms with Crippen molar-refractivity contribution < 1.29 is 17.6 Å². The Morgan fingerprint density at radius 2 is 1.94 bits per heavy atom. The van der Waals surface area contributed by atoms with Crippen molar-refractivity contribution in [1.82, 2.24) is 4.90 Å². The quantitative estimate of drug-likeness (QED) is 0.849. The van der Waals surface area contributed by atoms with E-state index in [4.69, 9.17) is 16.0 Å². The van der Waals surface area contributed by atoms with Gasteiger partial charge in [-0.25, -0.2) is 8.42 Å². The Balaban J connectivity index is 2.88. The maximum absolute atomic E-state index is 12.0. The molecule has 0 aliphatic heterocycles. The molecule has 0 aromatic carbocycles. The first-order valence-corrected chi connectivity index (χ1v) is 7.69. The molecular weight excluding hydrogens is 278 g/mol. The maximum atomic E-state index is 12.0. The zero-order valence-electron chi connectivity index (χ0n) is 10.7. The van der Waals surface area contributed by atoms with Crippen LogP contribution in [0.4, 0.5) is 0 Å². The average molecular weight is 294 g/mol. The van der Waals surface area contributed by atoms with Crippen LogP contribution in [-0.4, -0.2) is 43.8 Å². The van der Waals surface area contributed by atoms with Crippen LogP contribution in [0.25, 0.3) is 0 Å². The van der Waals surface area contributed by atoms with Crippen molar-refractivity contribution >= 4 is 27.3 Å². The molecule has 0 aliphatic rings. The van der Waals surface area contributed by atoms with Gasteiger partial charge in [-0.05, 0) is 37.6 Å². The van der Waals surface area contributed by atoms with Gasteiger partial charge in [-0.1, -0.05) is 0 Å². The normalized spacial score (nSPS) is 15.2. The molecule has 0 N–H and O–H groups in total. The summed E-state index contributed by atoms with van der Waals surface area (Å²) in [6, 6.07) is 2.46. The number of carbonyl (C=O) groups is 1. The number of halogens is 1. The van der Waals surface area contributed by atoms with Crippen LogP contribution in [-0.2, 0) is 9.84 Å². The molecule has 102 valence electrons. The average Bonchev–Trinajstić information content (AvgIpc) is 2.70. The van der Waals surface area contributed by atoms with Gasteiger partial charge in [0.2, 0.25) is 0 Å². The fourth-order valence-corrected chi connectivity index (χ4v) is 2.50. The predicted molar refractivity (Wildman–Crippen MR) is 69.6 cm³/mol. The lowest BCUT2D eigenvalue weighted by Gasteiger charge is -2.28. The molecule has 1 aromatic heterocycles. The fraction of sp³-hybridized carbons (Fsp3) is 0.545. The number of furan rings is 1. The molecule has 0 aliphatic carbocycles. The van der Waals surface area contributed by atoms with E-state index in [-0.39, 0.29) is 11.0 Å². The monoisotopic (exact) mass is 293 g/mol. The van der Waals surface area contributed by atoms with E-state index < -0.39 is 27.0 Å². The Morgan fingerprint density at radius 1 is 1.39 bits per heavy atom.